The summed E-state index contributed by atoms with van der Waals surface area (Å²) in [5, 5.41) is 0. The molecule has 1 aromatic carbocycles. The van der Waals surface area contributed by atoms with Crippen molar-refractivity contribution < 1.29 is 9.53 Å². The minimum absolute atomic E-state index is 0.0600. The molecule has 1 aliphatic carbocycles. The van der Waals surface area contributed by atoms with E-state index in [4.69, 9.17) is 10.5 Å². The Labute approximate surface area is 121 Å². The third-order valence-corrected chi connectivity index (χ3v) is 4.69. The van der Waals surface area contributed by atoms with Crippen LogP contribution in [-0.2, 0) is 0 Å². The lowest BCUT2D eigenvalue weighted by Crippen LogP contribution is -2.32. The van der Waals surface area contributed by atoms with Crippen LogP contribution in [-0.4, -0.2) is 19.4 Å². The molecule has 0 radical (unpaired) electrons. The molecule has 2 N–H and O–H groups in total. The number of carbonyl (C=O) groups is 1. The van der Waals surface area contributed by atoms with Crippen molar-refractivity contribution in [3.8, 4) is 5.75 Å². The standard InChI is InChI=1S/C17H25NO2/c1-11-8-9-15(17(20-3)12(11)2)16(19)14-7-5-4-6-13(14)10-18/h8-9,13-14H,4-7,10,18H2,1-3H3. The summed E-state index contributed by atoms with van der Waals surface area (Å²) in [7, 11) is 1.64. The van der Waals surface area contributed by atoms with E-state index in [1.807, 2.05) is 26.0 Å². The topological polar surface area (TPSA) is 52.3 Å². The highest BCUT2D eigenvalue weighted by Crippen LogP contribution is 2.35. The lowest BCUT2D eigenvalue weighted by molar-refractivity contribution is 0.0826. The molecule has 0 aromatic heterocycles. The van der Waals surface area contributed by atoms with Crippen molar-refractivity contribution in [2.45, 2.75) is 39.5 Å². The highest BCUT2D eigenvalue weighted by Gasteiger charge is 2.32. The van der Waals surface area contributed by atoms with Crippen LogP contribution in [0.3, 0.4) is 0 Å². The second-order valence-corrected chi connectivity index (χ2v) is 5.84. The molecule has 0 aliphatic heterocycles. The van der Waals surface area contributed by atoms with Crippen LogP contribution in [0.5, 0.6) is 5.75 Å². The predicted octanol–water partition coefficient (Wildman–Crippen LogP) is 3.26. The number of benzene rings is 1. The van der Waals surface area contributed by atoms with Crippen LogP contribution in [0.2, 0.25) is 0 Å². The fraction of sp³-hybridized carbons (Fsp3) is 0.588. The first-order valence-corrected chi connectivity index (χ1v) is 7.48. The van der Waals surface area contributed by atoms with E-state index < -0.39 is 0 Å². The summed E-state index contributed by atoms with van der Waals surface area (Å²) in [6.07, 6.45) is 4.34. The van der Waals surface area contributed by atoms with Gasteiger partial charge in [-0.05, 0) is 56.3 Å². The maximum Gasteiger partial charge on any atom is 0.169 e. The van der Waals surface area contributed by atoms with E-state index in [0.29, 0.717) is 12.5 Å². The minimum Gasteiger partial charge on any atom is -0.496 e. The number of carbonyl (C=O) groups excluding carboxylic acids is 1. The molecular weight excluding hydrogens is 250 g/mol. The Morgan fingerprint density at radius 1 is 1.30 bits per heavy atom. The molecule has 2 atom stereocenters. The van der Waals surface area contributed by atoms with Crippen LogP contribution < -0.4 is 10.5 Å². The summed E-state index contributed by atoms with van der Waals surface area (Å²) in [5.41, 5.74) is 8.78. The zero-order chi connectivity index (χ0) is 14.7. The maximum absolute atomic E-state index is 12.9. The Bertz CT molecular complexity index is 496. The Kier molecular flexibility index (Phi) is 4.81. The van der Waals surface area contributed by atoms with E-state index in [-0.39, 0.29) is 11.7 Å². The number of rotatable bonds is 4. The van der Waals surface area contributed by atoms with Gasteiger partial charge in [-0.25, -0.2) is 0 Å². The summed E-state index contributed by atoms with van der Waals surface area (Å²) in [5.74, 6) is 1.32. The molecule has 1 saturated carbocycles. The van der Waals surface area contributed by atoms with Crippen molar-refractivity contribution in [3.05, 3.63) is 28.8 Å². The van der Waals surface area contributed by atoms with Crippen molar-refractivity contribution in [1.29, 1.82) is 0 Å². The van der Waals surface area contributed by atoms with Crippen molar-refractivity contribution >= 4 is 5.78 Å². The van der Waals surface area contributed by atoms with Crippen LogP contribution in [0, 0.1) is 25.7 Å². The van der Waals surface area contributed by atoms with Gasteiger partial charge in [0.15, 0.2) is 5.78 Å². The zero-order valence-electron chi connectivity index (χ0n) is 12.7. The SMILES string of the molecule is COc1c(C(=O)C2CCCCC2CN)ccc(C)c1C. The van der Waals surface area contributed by atoms with Gasteiger partial charge >= 0.3 is 0 Å². The van der Waals surface area contributed by atoms with Crippen LogP contribution in [0.25, 0.3) is 0 Å². The van der Waals surface area contributed by atoms with Crippen molar-refractivity contribution in [1.82, 2.24) is 0 Å². The van der Waals surface area contributed by atoms with Gasteiger partial charge in [-0.1, -0.05) is 18.9 Å². The van der Waals surface area contributed by atoms with Gasteiger partial charge in [0.05, 0.1) is 12.7 Å². The van der Waals surface area contributed by atoms with E-state index in [1.54, 1.807) is 7.11 Å². The summed E-state index contributed by atoms with van der Waals surface area (Å²) < 4.78 is 5.49. The molecule has 110 valence electrons. The summed E-state index contributed by atoms with van der Waals surface area (Å²) in [4.78, 5) is 12.9. The molecule has 0 amide bonds. The largest absolute Gasteiger partial charge is 0.496 e. The molecule has 3 nitrogen and oxygen atoms in total. The van der Waals surface area contributed by atoms with Gasteiger partial charge < -0.3 is 10.5 Å². The number of Topliss-reactive ketones (excluding diaryl/α,β-unsaturated/α-hetero) is 1. The Balaban J connectivity index is 2.35. The van der Waals surface area contributed by atoms with Crippen LogP contribution >= 0.6 is 0 Å². The summed E-state index contributed by atoms with van der Waals surface area (Å²) in [6.45, 7) is 4.64. The number of hydrogen-bond acceptors (Lipinski definition) is 3. The average Bonchev–Trinajstić information content (AvgIpc) is 2.49. The summed E-state index contributed by atoms with van der Waals surface area (Å²) in [6, 6.07) is 3.91. The number of ketones is 1. The van der Waals surface area contributed by atoms with Gasteiger partial charge in [-0.3, -0.25) is 4.79 Å². The maximum atomic E-state index is 12.9. The number of hydrogen-bond donors (Lipinski definition) is 1. The normalized spacial score (nSPS) is 22.6. The van der Waals surface area contributed by atoms with Gasteiger partial charge in [0, 0.05) is 5.92 Å². The lowest BCUT2D eigenvalue weighted by atomic mass is 9.75. The molecule has 0 spiro atoms. The third-order valence-electron chi connectivity index (χ3n) is 4.69. The smallest absolute Gasteiger partial charge is 0.169 e. The molecular formula is C17H25NO2. The monoisotopic (exact) mass is 275 g/mol. The van der Waals surface area contributed by atoms with E-state index >= 15 is 0 Å². The molecule has 1 aromatic rings. The Morgan fingerprint density at radius 3 is 2.65 bits per heavy atom. The average molecular weight is 275 g/mol. The zero-order valence-corrected chi connectivity index (χ0v) is 12.7. The van der Waals surface area contributed by atoms with Crippen LogP contribution in [0.4, 0.5) is 0 Å². The second-order valence-electron chi connectivity index (χ2n) is 5.84. The second kappa shape index (κ2) is 6.40. The number of methoxy groups -OCH3 is 1. The molecule has 1 aliphatic rings. The Hall–Kier alpha value is -1.35. The minimum atomic E-state index is 0.0600. The fourth-order valence-corrected chi connectivity index (χ4v) is 3.28. The van der Waals surface area contributed by atoms with Crippen LogP contribution in [0.1, 0.15) is 47.2 Å². The van der Waals surface area contributed by atoms with E-state index in [1.165, 1.54) is 6.42 Å². The molecule has 0 saturated heterocycles. The van der Waals surface area contributed by atoms with Crippen LogP contribution in [0.15, 0.2) is 12.1 Å². The quantitative estimate of drug-likeness (QED) is 0.858. The first-order chi connectivity index (χ1) is 9.60. The fourth-order valence-electron chi connectivity index (χ4n) is 3.28. The van der Waals surface area contributed by atoms with Gasteiger partial charge in [0.1, 0.15) is 5.75 Å². The number of aryl methyl sites for hydroxylation is 1. The van der Waals surface area contributed by atoms with Crippen molar-refractivity contribution in [2.75, 3.05) is 13.7 Å². The van der Waals surface area contributed by atoms with E-state index in [2.05, 4.69) is 0 Å². The predicted molar refractivity (Wildman–Crippen MR) is 81.3 cm³/mol. The van der Waals surface area contributed by atoms with Gasteiger partial charge in [-0.15, -0.1) is 0 Å². The molecule has 0 bridgehead atoms. The first kappa shape index (κ1) is 15.0. The first-order valence-electron chi connectivity index (χ1n) is 7.48. The van der Waals surface area contributed by atoms with Crippen molar-refractivity contribution in [3.63, 3.8) is 0 Å². The third kappa shape index (κ3) is 2.73. The molecule has 2 rings (SSSR count). The van der Waals surface area contributed by atoms with Crippen molar-refractivity contribution in [2.24, 2.45) is 17.6 Å². The van der Waals surface area contributed by atoms with Gasteiger partial charge in [-0.2, -0.15) is 0 Å². The van der Waals surface area contributed by atoms with Gasteiger partial charge in [0.2, 0.25) is 0 Å². The summed E-state index contributed by atoms with van der Waals surface area (Å²) >= 11 is 0. The lowest BCUT2D eigenvalue weighted by Gasteiger charge is -2.30. The highest BCUT2D eigenvalue weighted by molar-refractivity contribution is 6.01. The highest BCUT2D eigenvalue weighted by atomic mass is 16.5. The molecule has 1 fully saturated rings. The van der Waals surface area contributed by atoms with Gasteiger partial charge in [0.25, 0.3) is 0 Å². The Morgan fingerprint density at radius 2 is 2.00 bits per heavy atom. The molecule has 2 unspecified atom stereocenters. The molecule has 0 heterocycles. The molecule has 20 heavy (non-hydrogen) atoms. The molecule has 3 heteroatoms. The van der Waals surface area contributed by atoms with E-state index in [0.717, 1.165) is 41.7 Å². The van der Waals surface area contributed by atoms with E-state index in [9.17, 15) is 4.79 Å². The number of nitrogens with two attached hydrogens (primary N) is 1. The number of ether oxygens (including phenoxy) is 1.